The molecule has 1 aliphatic heterocycles. The van der Waals surface area contributed by atoms with Crippen molar-refractivity contribution in [2.75, 3.05) is 16.2 Å². The van der Waals surface area contributed by atoms with Crippen LogP contribution in [-0.2, 0) is 14.8 Å². The molecule has 0 unspecified atom stereocenters. The Morgan fingerprint density at radius 1 is 1.03 bits per heavy atom. The fourth-order valence-electron chi connectivity index (χ4n) is 3.64. The molecule has 32 heavy (non-hydrogen) atoms. The van der Waals surface area contributed by atoms with E-state index < -0.39 is 22.0 Å². The van der Waals surface area contributed by atoms with E-state index in [9.17, 15) is 13.2 Å². The zero-order valence-electron chi connectivity index (χ0n) is 17.9. The number of ether oxygens (including phenoxy) is 1. The van der Waals surface area contributed by atoms with Crippen LogP contribution in [0.1, 0.15) is 16.7 Å². The predicted octanol–water partition coefficient (Wildman–Crippen LogP) is 4.86. The highest BCUT2D eigenvalue weighted by atomic mass is 35.5. The minimum atomic E-state index is -3.95. The summed E-state index contributed by atoms with van der Waals surface area (Å²) in [7, 11) is -3.95. The number of halogens is 1. The summed E-state index contributed by atoms with van der Waals surface area (Å²) in [5, 5.41) is 3.27. The van der Waals surface area contributed by atoms with Gasteiger partial charge in [0.25, 0.3) is 15.9 Å². The first-order valence-electron chi connectivity index (χ1n) is 10.1. The number of fused-ring (bicyclic) bond motifs is 1. The van der Waals surface area contributed by atoms with Crippen LogP contribution in [0.25, 0.3) is 0 Å². The Hall–Kier alpha value is -3.03. The summed E-state index contributed by atoms with van der Waals surface area (Å²) in [6.07, 6.45) is -1.04. The molecule has 1 atom stereocenters. The number of anilines is 2. The predicted molar refractivity (Wildman–Crippen MR) is 126 cm³/mol. The normalized spacial score (nSPS) is 15.6. The number of nitrogens with one attached hydrogen (secondary N) is 1. The quantitative estimate of drug-likeness (QED) is 0.590. The Kier molecular flexibility index (Phi) is 5.88. The van der Waals surface area contributed by atoms with Crippen LogP contribution in [0.3, 0.4) is 0 Å². The molecule has 0 saturated carbocycles. The SMILES string of the molecule is Cc1ccc(S(=O)(=O)N2C[C@@H](C(=O)Nc3c(C)cccc3C)Oc3ccc(Cl)cc32)cc1. The van der Waals surface area contributed by atoms with Crippen molar-refractivity contribution in [3.63, 3.8) is 0 Å². The lowest BCUT2D eigenvalue weighted by Crippen LogP contribution is -2.49. The molecule has 166 valence electrons. The largest absolute Gasteiger partial charge is 0.476 e. The van der Waals surface area contributed by atoms with Crippen molar-refractivity contribution in [2.45, 2.75) is 31.8 Å². The van der Waals surface area contributed by atoms with Gasteiger partial charge in [0, 0.05) is 10.7 Å². The van der Waals surface area contributed by atoms with Crippen LogP contribution >= 0.6 is 11.6 Å². The van der Waals surface area contributed by atoms with Crippen LogP contribution < -0.4 is 14.4 Å². The smallest absolute Gasteiger partial charge is 0.267 e. The number of benzene rings is 3. The topological polar surface area (TPSA) is 75.7 Å². The average molecular weight is 471 g/mol. The molecule has 6 nitrogen and oxygen atoms in total. The van der Waals surface area contributed by atoms with E-state index in [1.807, 2.05) is 39.0 Å². The maximum absolute atomic E-state index is 13.5. The van der Waals surface area contributed by atoms with Gasteiger partial charge in [-0.3, -0.25) is 9.10 Å². The molecule has 0 fully saturated rings. The lowest BCUT2D eigenvalue weighted by molar-refractivity contribution is -0.122. The molecule has 0 saturated heterocycles. The van der Waals surface area contributed by atoms with E-state index in [1.165, 1.54) is 10.4 Å². The molecule has 8 heteroatoms. The molecule has 0 radical (unpaired) electrons. The molecule has 3 aromatic carbocycles. The van der Waals surface area contributed by atoms with Crippen molar-refractivity contribution >= 4 is 38.9 Å². The monoisotopic (exact) mass is 470 g/mol. The van der Waals surface area contributed by atoms with Crippen LogP contribution in [0.2, 0.25) is 5.02 Å². The third-order valence-electron chi connectivity index (χ3n) is 5.42. The molecule has 0 spiro atoms. The minimum Gasteiger partial charge on any atom is -0.476 e. The number of nitrogens with zero attached hydrogens (tertiary/aromatic N) is 1. The van der Waals surface area contributed by atoms with Crippen molar-refractivity contribution in [3.8, 4) is 5.75 Å². The Morgan fingerprint density at radius 3 is 2.34 bits per heavy atom. The first-order valence-corrected chi connectivity index (χ1v) is 11.9. The van der Waals surface area contributed by atoms with Gasteiger partial charge in [-0.05, 0) is 62.2 Å². The Morgan fingerprint density at radius 2 is 1.69 bits per heavy atom. The zero-order chi connectivity index (χ0) is 23.0. The summed E-state index contributed by atoms with van der Waals surface area (Å²) in [4.78, 5) is 13.2. The van der Waals surface area contributed by atoms with Crippen molar-refractivity contribution < 1.29 is 17.9 Å². The highest BCUT2D eigenvalue weighted by Crippen LogP contribution is 2.39. The molecular formula is C24H23ClN2O4S. The first-order chi connectivity index (χ1) is 15.2. The van der Waals surface area contributed by atoms with E-state index in [0.29, 0.717) is 16.4 Å². The minimum absolute atomic E-state index is 0.129. The van der Waals surface area contributed by atoms with Crippen LogP contribution in [-0.4, -0.2) is 27.0 Å². The number of carbonyl (C=O) groups is 1. The van der Waals surface area contributed by atoms with Crippen molar-refractivity contribution in [1.82, 2.24) is 0 Å². The number of carbonyl (C=O) groups excluding carboxylic acids is 1. The number of hydrogen-bond donors (Lipinski definition) is 1. The van der Waals surface area contributed by atoms with Gasteiger partial charge in [-0.15, -0.1) is 0 Å². The molecular weight excluding hydrogens is 448 g/mol. The number of hydrogen-bond acceptors (Lipinski definition) is 4. The van der Waals surface area contributed by atoms with Crippen LogP contribution in [0.15, 0.2) is 65.6 Å². The Bertz CT molecular complexity index is 1270. The average Bonchev–Trinajstić information content (AvgIpc) is 2.75. The van der Waals surface area contributed by atoms with E-state index in [2.05, 4.69) is 5.32 Å². The highest BCUT2D eigenvalue weighted by molar-refractivity contribution is 7.92. The van der Waals surface area contributed by atoms with Crippen molar-refractivity contribution in [1.29, 1.82) is 0 Å². The molecule has 0 aromatic heterocycles. The maximum atomic E-state index is 13.5. The third kappa shape index (κ3) is 4.18. The van der Waals surface area contributed by atoms with Gasteiger partial charge >= 0.3 is 0 Å². The van der Waals surface area contributed by atoms with E-state index in [1.54, 1.807) is 36.4 Å². The summed E-state index contributed by atoms with van der Waals surface area (Å²) >= 11 is 6.14. The summed E-state index contributed by atoms with van der Waals surface area (Å²) in [5.41, 5.74) is 3.75. The molecule has 1 heterocycles. The summed E-state index contributed by atoms with van der Waals surface area (Å²) in [5.74, 6) is -0.148. The number of sulfonamides is 1. The number of amides is 1. The highest BCUT2D eigenvalue weighted by Gasteiger charge is 2.38. The first kappa shape index (κ1) is 22.2. The lowest BCUT2D eigenvalue weighted by atomic mass is 10.1. The molecule has 1 amide bonds. The second kappa shape index (κ2) is 8.48. The molecule has 4 rings (SSSR count). The van der Waals surface area contributed by atoms with E-state index >= 15 is 0 Å². The summed E-state index contributed by atoms with van der Waals surface area (Å²) < 4.78 is 34.1. The van der Waals surface area contributed by atoms with Crippen LogP contribution in [0.4, 0.5) is 11.4 Å². The van der Waals surface area contributed by atoms with Gasteiger partial charge in [0.1, 0.15) is 5.75 Å². The fraction of sp³-hybridized carbons (Fsp3) is 0.208. The molecule has 0 bridgehead atoms. The molecule has 0 aliphatic carbocycles. The van der Waals surface area contributed by atoms with Gasteiger partial charge in [0.2, 0.25) is 0 Å². The van der Waals surface area contributed by atoms with Gasteiger partial charge in [0.15, 0.2) is 6.10 Å². The standard InChI is InChI=1S/C24H23ClN2O4S/c1-15-7-10-19(11-8-15)32(29,30)27-14-22(31-21-12-9-18(25)13-20(21)27)24(28)26-23-16(2)5-4-6-17(23)3/h4-13,22H,14H2,1-3H3,(H,26,28)/t22-/m0/s1. The van der Waals surface area contributed by atoms with Crippen molar-refractivity contribution in [3.05, 3.63) is 82.4 Å². The second-order valence-corrected chi connectivity index (χ2v) is 10.1. The van der Waals surface area contributed by atoms with Crippen molar-refractivity contribution in [2.24, 2.45) is 0 Å². The van der Waals surface area contributed by atoms with Gasteiger partial charge in [0.05, 0.1) is 17.1 Å². The Balaban J connectivity index is 1.71. The van der Waals surface area contributed by atoms with Gasteiger partial charge < -0.3 is 10.1 Å². The third-order valence-corrected chi connectivity index (χ3v) is 7.45. The van der Waals surface area contributed by atoms with E-state index in [-0.39, 0.29) is 17.2 Å². The van der Waals surface area contributed by atoms with Gasteiger partial charge in [-0.25, -0.2) is 8.42 Å². The van der Waals surface area contributed by atoms with Crippen LogP contribution in [0.5, 0.6) is 5.75 Å². The summed E-state index contributed by atoms with van der Waals surface area (Å²) in [6, 6.07) is 17.0. The fourth-order valence-corrected chi connectivity index (χ4v) is 5.28. The molecule has 1 N–H and O–H groups in total. The zero-order valence-corrected chi connectivity index (χ0v) is 19.5. The number of aryl methyl sites for hydroxylation is 3. The molecule has 3 aromatic rings. The van der Waals surface area contributed by atoms with E-state index in [0.717, 1.165) is 16.7 Å². The van der Waals surface area contributed by atoms with Gasteiger partial charge in [-0.2, -0.15) is 0 Å². The number of para-hydroxylation sites is 1. The van der Waals surface area contributed by atoms with Crippen LogP contribution in [0, 0.1) is 20.8 Å². The number of rotatable bonds is 4. The second-order valence-electron chi connectivity index (χ2n) is 7.82. The maximum Gasteiger partial charge on any atom is 0.267 e. The summed E-state index contributed by atoms with van der Waals surface area (Å²) in [6.45, 7) is 5.50. The Labute approximate surface area is 192 Å². The lowest BCUT2D eigenvalue weighted by Gasteiger charge is -2.35. The van der Waals surface area contributed by atoms with Gasteiger partial charge in [-0.1, -0.05) is 47.5 Å². The molecule has 1 aliphatic rings. The van der Waals surface area contributed by atoms with E-state index in [4.69, 9.17) is 16.3 Å².